The highest BCUT2D eigenvalue weighted by molar-refractivity contribution is 7.86. The lowest BCUT2D eigenvalue weighted by molar-refractivity contribution is 0.0149. The highest BCUT2D eigenvalue weighted by Crippen LogP contribution is 2.40. The maximum absolute atomic E-state index is 12.6. The van der Waals surface area contributed by atoms with E-state index in [4.69, 9.17) is 18.1 Å². The number of hydrogen-bond acceptors (Lipinski definition) is 6. The van der Waals surface area contributed by atoms with Gasteiger partial charge in [-0.3, -0.25) is 4.18 Å². The maximum Gasteiger partial charge on any atom is 0.297 e. The number of aryl methyl sites for hydroxylation is 1. The summed E-state index contributed by atoms with van der Waals surface area (Å²) in [5.41, 5.74) is 0.989. The second-order valence-corrected chi connectivity index (χ2v) is 15.2. The van der Waals surface area contributed by atoms with Crippen LogP contribution in [0.4, 0.5) is 0 Å². The summed E-state index contributed by atoms with van der Waals surface area (Å²) in [5.74, 6) is 0. The molecule has 0 spiro atoms. The lowest BCUT2D eigenvalue weighted by Gasteiger charge is -2.39. The molecule has 1 aromatic rings. The van der Waals surface area contributed by atoms with Crippen LogP contribution in [0, 0.1) is 6.92 Å². The van der Waals surface area contributed by atoms with Crippen LogP contribution in [0.15, 0.2) is 29.2 Å². The van der Waals surface area contributed by atoms with Gasteiger partial charge in [-0.1, -0.05) is 38.5 Å². The molecule has 0 radical (unpaired) electrons. The highest BCUT2D eigenvalue weighted by atomic mass is 32.2. The van der Waals surface area contributed by atoms with Crippen LogP contribution in [0.1, 0.15) is 26.3 Å². The average Bonchev–Trinajstić information content (AvgIpc) is 3.10. The molecule has 0 aliphatic carbocycles. The van der Waals surface area contributed by atoms with Gasteiger partial charge in [0, 0.05) is 0 Å². The number of rotatable bonds is 5. The second kappa shape index (κ2) is 7.24. The van der Waals surface area contributed by atoms with E-state index < -0.39 is 30.6 Å². The second-order valence-electron chi connectivity index (χ2n) is 8.91. The quantitative estimate of drug-likeness (QED) is 0.544. The minimum atomic E-state index is -3.87. The van der Waals surface area contributed by atoms with Crippen molar-refractivity contribution < 1.29 is 26.5 Å². The number of ether oxygens (including phenoxy) is 2. The van der Waals surface area contributed by atoms with Crippen molar-refractivity contribution in [2.75, 3.05) is 13.2 Å². The summed E-state index contributed by atoms with van der Waals surface area (Å²) in [5, 5.41) is 0.0777. The van der Waals surface area contributed by atoms with E-state index in [2.05, 4.69) is 33.9 Å². The fourth-order valence-corrected chi connectivity index (χ4v) is 5.47. The van der Waals surface area contributed by atoms with Gasteiger partial charge in [0.05, 0.1) is 24.2 Å². The van der Waals surface area contributed by atoms with Gasteiger partial charge in [0.15, 0.2) is 8.32 Å². The molecule has 2 saturated heterocycles. The monoisotopic (exact) mass is 414 g/mol. The van der Waals surface area contributed by atoms with Crippen molar-refractivity contribution in [2.24, 2.45) is 0 Å². The molecule has 0 N–H and O–H groups in total. The topological polar surface area (TPSA) is 71.1 Å². The molecule has 2 fully saturated rings. The van der Waals surface area contributed by atoms with Crippen LogP contribution in [0.3, 0.4) is 0 Å². The predicted octanol–water partition coefficient (Wildman–Crippen LogP) is 3.26. The lowest BCUT2D eigenvalue weighted by Crippen LogP contribution is -2.47. The third-order valence-electron chi connectivity index (χ3n) is 5.77. The molecular weight excluding hydrogens is 384 g/mol. The number of benzene rings is 1. The van der Waals surface area contributed by atoms with Crippen molar-refractivity contribution in [3.05, 3.63) is 29.8 Å². The van der Waals surface area contributed by atoms with E-state index >= 15 is 0 Å². The van der Waals surface area contributed by atoms with E-state index in [-0.39, 0.29) is 28.7 Å². The van der Waals surface area contributed by atoms with E-state index in [9.17, 15) is 8.42 Å². The van der Waals surface area contributed by atoms with Crippen LogP contribution < -0.4 is 0 Å². The normalized spacial score (nSPS) is 29.1. The molecule has 1 aromatic carbocycles. The van der Waals surface area contributed by atoms with Gasteiger partial charge in [-0.2, -0.15) is 8.42 Å². The van der Waals surface area contributed by atoms with Gasteiger partial charge in [0.2, 0.25) is 0 Å². The molecule has 8 heteroatoms. The largest absolute Gasteiger partial charge is 0.409 e. The van der Waals surface area contributed by atoms with Crippen molar-refractivity contribution in [3.8, 4) is 0 Å². The SMILES string of the molecule is Cc1ccc(S(=O)(=O)O[C@@H]2CO[C@H]3[C@@H]2OC[C@H]3O[Si](C)(C)C(C)(C)C)cc1. The summed E-state index contributed by atoms with van der Waals surface area (Å²) in [6.45, 7) is 13.4. The Kier molecular flexibility index (Phi) is 5.62. The smallest absolute Gasteiger partial charge is 0.297 e. The molecule has 2 aliphatic heterocycles. The zero-order valence-corrected chi connectivity index (χ0v) is 18.7. The number of hydrogen-bond donors (Lipinski definition) is 0. The van der Waals surface area contributed by atoms with Crippen LogP contribution in [0.2, 0.25) is 18.1 Å². The van der Waals surface area contributed by atoms with Crippen LogP contribution in [-0.4, -0.2) is 54.4 Å². The van der Waals surface area contributed by atoms with Crippen molar-refractivity contribution in [2.45, 2.75) is 75.1 Å². The Morgan fingerprint density at radius 3 is 2.07 bits per heavy atom. The van der Waals surface area contributed by atoms with Gasteiger partial charge in [-0.15, -0.1) is 0 Å². The molecule has 2 heterocycles. The van der Waals surface area contributed by atoms with E-state index in [1.54, 1.807) is 24.3 Å². The Labute approximate surface area is 163 Å². The van der Waals surface area contributed by atoms with Gasteiger partial charge < -0.3 is 13.9 Å². The zero-order valence-electron chi connectivity index (χ0n) is 16.9. The molecular formula is C19H30O6SSi. The Hall–Kier alpha value is -0.773. The molecule has 0 bridgehead atoms. The van der Waals surface area contributed by atoms with Crippen LogP contribution in [0.25, 0.3) is 0 Å². The molecule has 3 rings (SSSR count). The van der Waals surface area contributed by atoms with Gasteiger partial charge >= 0.3 is 0 Å². The molecule has 4 atom stereocenters. The Balaban J connectivity index is 1.68. The first-order valence-corrected chi connectivity index (χ1v) is 13.6. The van der Waals surface area contributed by atoms with Crippen molar-refractivity contribution in [1.29, 1.82) is 0 Å². The van der Waals surface area contributed by atoms with E-state index in [1.807, 2.05) is 6.92 Å². The van der Waals surface area contributed by atoms with Crippen molar-refractivity contribution in [3.63, 3.8) is 0 Å². The predicted molar refractivity (Wildman–Crippen MR) is 105 cm³/mol. The fourth-order valence-electron chi connectivity index (χ4n) is 3.09. The fraction of sp³-hybridized carbons (Fsp3) is 0.684. The standard InChI is InChI=1S/C19H30O6SSi/c1-13-7-9-14(10-8-13)26(20,21)24-15-11-22-18-16(12-23-17(15)18)25-27(5,6)19(2,3)4/h7-10,15-18H,11-12H2,1-6H3/t15-,16-,17-,18-/m1/s1. The molecule has 152 valence electrons. The summed E-state index contributed by atoms with van der Waals surface area (Å²) in [4.78, 5) is 0.142. The Morgan fingerprint density at radius 1 is 1.00 bits per heavy atom. The zero-order chi connectivity index (χ0) is 20.0. The molecule has 0 aromatic heterocycles. The third kappa shape index (κ3) is 4.30. The number of fused-ring (bicyclic) bond motifs is 1. The summed E-state index contributed by atoms with van der Waals surface area (Å²) < 4.78 is 48.7. The first kappa shape index (κ1) is 20.9. The van der Waals surface area contributed by atoms with Crippen molar-refractivity contribution in [1.82, 2.24) is 0 Å². The van der Waals surface area contributed by atoms with E-state index in [0.717, 1.165) is 5.56 Å². The minimum absolute atomic E-state index is 0.0777. The van der Waals surface area contributed by atoms with Crippen LogP contribution in [-0.2, 0) is 28.2 Å². The maximum atomic E-state index is 12.6. The molecule has 2 aliphatic rings. The Morgan fingerprint density at radius 2 is 1.52 bits per heavy atom. The molecule has 0 unspecified atom stereocenters. The van der Waals surface area contributed by atoms with Crippen molar-refractivity contribution >= 4 is 18.4 Å². The summed E-state index contributed by atoms with van der Waals surface area (Å²) in [6, 6.07) is 6.60. The lowest BCUT2D eigenvalue weighted by atomic mass is 10.1. The molecule has 6 nitrogen and oxygen atoms in total. The van der Waals surface area contributed by atoms with Gasteiger partial charge in [0.25, 0.3) is 10.1 Å². The third-order valence-corrected chi connectivity index (χ3v) is 11.6. The molecule has 0 saturated carbocycles. The molecule has 27 heavy (non-hydrogen) atoms. The average molecular weight is 415 g/mol. The van der Waals surface area contributed by atoms with Gasteiger partial charge in [-0.25, -0.2) is 0 Å². The van der Waals surface area contributed by atoms with Crippen LogP contribution in [0.5, 0.6) is 0 Å². The van der Waals surface area contributed by atoms with E-state index in [0.29, 0.717) is 6.61 Å². The summed E-state index contributed by atoms with van der Waals surface area (Å²) in [7, 11) is -5.84. The molecule has 0 amide bonds. The van der Waals surface area contributed by atoms with Gasteiger partial charge in [-0.05, 0) is 37.2 Å². The minimum Gasteiger partial charge on any atom is -0.409 e. The first-order valence-electron chi connectivity index (χ1n) is 9.32. The Bertz CT molecular complexity index is 768. The van der Waals surface area contributed by atoms with E-state index in [1.165, 1.54) is 0 Å². The van der Waals surface area contributed by atoms with Gasteiger partial charge in [0.1, 0.15) is 18.3 Å². The highest BCUT2D eigenvalue weighted by Gasteiger charge is 2.52. The summed E-state index contributed by atoms with van der Waals surface area (Å²) in [6.07, 6.45) is -1.57. The first-order chi connectivity index (χ1) is 12.4. The van der Waals surface area contributed by atoms with Crippen LogP contribution >= 0.6 is 0 Å². The summed E-state index contributed by atoms with van der Waals surface area (Å²) >= 11 is 0.